The number of nitrogens with zero attached hydrogens (tertiary/aromatic N) is 4. The zero-order chi connectivity index (χ0) is 21.4. The third-order valence-corrected chi connectivity index (χ3v) is 6.82. The number of methoxy groups -OCH3 is 1. The number of carbonyl (C=O) groups excluding carboxylic acids is 1. The highest BCUT2D eigenvalue weighted by Crippen LogP contribution is 2.13. The molecule has 0 saturated carbocycles. The summed E-state index contributed by atoms with van der Waals surface area (Å²) in [5, 5.41) is 2.71. The minimum absolute atomic E-state index is 0.103. The summed E-state index contributed by atoms with van der Waals surface area (Å²) in [5.74, 6) is 1.11. The number of hydrogen-bond donors (Lipinski definition) is 1. The van der Waals surface area contributed by atoms with Crippen molar-refractivity contribution in [1.29, 1.82) is 0 Å². The molecule has 1 aliphatic rings. The van der Waals surface area contributed by atoms with Gasteiger partial charge in [0.1, 0.15) is 5.75 Å². The number of carbonyl (C=O) groups is 1. The molecular weight excluding hydrogens is 406 g/mol. The van der Waals surface area contributed by atoms with E-state index in [0.717, 1.165) is 11.3 Å². The lowest BCUT2D eigenvalue weighted by molar-refractivity contribution is -0.120. The quantitative estimate of drug-likeness (QED) is 0.620. The summed E-state index contributed by atoms with van der Waals surface area (Å²) in [7, 11) is -1.82. The van der Waals surface area contributed by atoms with E-state index in [4.69, 9.17) is 4.74 Å². The van der Waals surface area contributed by atoms with Crippen LogP contribution in [-0.4, -0.2) is 74.2 Å². The van der Waals surface area contributed by atoms with Crippen LogP contribution in [0.15, 0.2) is 42.7 Å². The molecule has 1 aromatic carbocycles. The molecule has 0 spiro atoms. The lowest BCUT2D eigenvalue weighted by Gasteiger charge is -2.33. The third-order valence-electron chi connectivity index (χ3n) is 4.95. The van der Waals surface area contributed by atoms with E-state index in [1.807, 2.05) is 29.2 Å². The second-order valence-corrected chi connectivity index (χ2v) is 9.04. The molecule has 1 aromatic heterocycles. The van der Waals surface area contributed by atoms with Gasteiger partial charge in [-0.05, 0) is 30.2 Å². The van der Waals surface area contributed by atoms with Crippen molar-refractivity contribution in [3.05, 3.63) is 48.3 Å². The number of nitrogens with one attached hydrogen (secondary N) is 1. The van der Waals surface area contributed by atoms with E-state index in [1.54, 1.807) is 25.6 Å². The monoisotopic (exact) mass is 433 g/mol. The first kappa shape index (κ1) is 22.0. The third kappa shape index (κ3) is 6.14. The summed E-state index contributed by atoms with van der Waals surface area (Å²) in [6.07, 6.45) is 4.24. The van der Waals surface area contributed by atoms with Crippen molar-refractivity contribution in [2.45, 2.75) is 12.8 Å². The maximum Gasteiger partial charge on any atom is 0.225 e. The number of hydrogen-bond acceptors (Lipinski definition) is 7. The predicted octanol–water partition coefficient (Wildman–Crippen LogP) is 0.686. The van der Waals surface area contributed by atoms with Gasteiger partial charge in [0.25, 0.3) is 0 Å². The molecule has 1 aliphatic heterocycles. The predicted molar refractivity (Wildman–Crippen MR) is 114 cm³/mol. The Balaban J connectivity index is 1.38. The number of sulfonamides is 1. The van der Waals surface area contributed by atoms with Crippen LogP contribution in [0.1, 0.15) is 12.0 Å². The number of benzene rings is 1. The highest BCUT2D eigenvalue weighted by atomic mass is 32.2. The first-order chi connectivity index (χ1) is 14.5. The summed E-state index contributed by atoms with van der Waals surface area (Å²) in [6.45, 7) is 1.94. The topological polar surface area (TPSA) is 105 Å². The maximum absolute atomic E-state index is 12.6. The van der Waals surface area contributed by atoms with Crippen LogP contribution in [0.3, 0.4) is 0 Å². The summed E-state index contributed by atoms with van der Waals surface area (Å²) in [5.41, 5.74) is 1.03. The lowest BCUT2D eigenvalue weighted by Crippen LogP contribution is -2.50. The Kier molecular flexibility index (Phi) is 7.58. The zero-order valence-corrected chi connectivity index (χ0v) is 17.8. The van der Waals surface area contributed by atoms with Crippen molar-refractivity contribution in [2.75, 3.05) is 50.5 Å². The van der Waals surface area contributed by atoms with E-state index in [-0.39, 0.29) is 18.2 Å². The van der Waals surface area contributed by atoms with Gasteiger partial charge in [0.15, 0.2) is 0 Å². The molecule has 2 aromatic rings. The second kappa shape index (κ2) is 10.4. The Hall–Kier alpha value is -2.72. The van der Waals surface area contributed by atoms with Gasteiger partial charge in [-0.1, -0.05) is 12.1 Å². The molecule has 10 heteroatoms. The van der Waals surface area contributed by atoms with Gasteiger partial charge < -0.3 is 15.0 Å². The van der Waals surface area contributed by atoms with Gasteiger partial charge in [0.2, 0.25) is 21.9 Å². The molecule has 1 fully saturated rings. The number of ether oxygens (including phenoxy) is 1. The van der Waals surface area contributed by atoms with E-state index in [0.29, 0.717) is 45.0 Å². The number of amides is 1. The van der Waals surface area contributed by atoms with Crippen molar-refractivity contribution in [1.82, 2.24) is 19.6 Å². The Bertz CT molecular complexity index is 914. The Morgan fingerprint density at radius 3 is 2.40 bits per heavy atom. The molecule has 2 heterocycles. The first-order valence-corrected chi connectivity index (χ1v) is 11.5. The summed E-state index contributed by atoms with van der Waals surface area (Å²) in [4.78, 5) is 22.4. The second-order valence-electron chi connectivity index (χ2n) is 6.95. The van der Waals surface area contributed by atoms with Crippen LogP contribution in [-0.2, 0) is 21.2 Å². The van der Waals surface area contributed by atoms with Crippen molar-refractivity contribution in [3.63, 3.8) is 0 Å². The van der Waals surface area contributed by atoms with Gasteiger partial charge in [-0.2, -0.15) is 4.31 Å². The Morgan fingerprint density at radius 1 is 1.10 bits per heavy atom. The number of aryl methyl sites for hydroxylation is 1. The number of anilines is 1. The van der Waals surface area contributed by atoms with Gasteiger partial charge in [0, 0.05) is 51.5 Å². The fraction of sp³-hybridized carbons (Fsp3) is 0.450. The molecule has 0 unspecified atom stereocenters. The van der Waals surface area contributed by atoms with E-state index < -0.39 is 10.0 Å². The molecule has 0 atom stereocenters. The van der Waals surface area contributed by atoms with Crippen molar-refractivity contribution in [2.24, 2.45) is 0 Å². The molecular formula is C20H27N5O4S. The molecule has 0 aliphatic carbocycles. The van der Waals surface area contributed by atoms with E-state index in [2.05, 4.69) is 15.3 Å². The largest absolute Gasteiger partial charge is 0.497 e. The molecule has 162 valence electrons. The van der Waals surface area contributed by atoms with Crippen molar-refractivity contribution in [3.8, 4) is 5.75 Å². The highest BCUT2D eigenvalue weighted by Gasteiger charge is 2.27. The SMILES string of the molecule is COc1ccc(CCC(=O)NCCS(=O)(=O)N2CCN(c3ncccn3)CC2)cc1. The first-order valence-electron chi connectivity index (χ1n) is 9.87. The van der Waals surface area contributed by atoms with Crippen LogP contribution in [0.4, 0.5) is 5.95 Å². The molecule has 1 saturated heterocycles. The van der Waals surface area contributed by atoms with Crippen LogP contribution < -0.4 is 15.0 Å². The average Bonchev–Trinajstić information content (AvgIpc) is 2.78. The minimum Gasteiger partial charge on any atom is -0.497 e. The number of rotatable bonds is 9. The van der Waals surface area contributed by atoms with Gasteiger partial charge in [-0.25, -0.2) is 18.4 Å². The van der Waals surface area contributed by atoms with E-state index >= 15 is 0 Å². The summed E-state index contributed by atoms with van der Waals surface area (Å²) >= 11 is 0. The summed E-state index contributed by atoms with van der Waals surface area (Å²) in [6, 6.07) is 9.27. The van der Waals surface area contributed by atoms with E-state index in [9.17, 15) is 13.2 Å². The average molecular weight is 434 g/mol. The van der Waals surface area contributed by atoms with Crippen molar-refractivity contribution < 1.29 is 17.9 Å². The number of aromatic nitrogens is 2. The molecule has 9 nitrogen and oxygen atoms in total. The molecule has 1 N–H and O–H groups in total. The van der Waals surface area contributed by atoms with Crippen LogP contribution in [0.5, 0.6) is 5.75 Å². The minimum atomic E-state index is -3.42. The maximum atomic E-state index is 12.6. The van der Waals surface area contributed by atoms with Crippen LogP contribution in [0.25, 0.3) is 0 Å². The van der Waals surface area contributed by atoms with Gasteiger partial charge in [0.05, 0.1) is 12.9 Å². The Morgan fingerprint density at radius 2 is 1.77 bits per heavy atom. The highest BCUT2D eigenvalue weighted by molar-refractivity contribution is 7.89. The van der Waals surface area contributed by atoms with Gasteiger partial charge in [-0.15, -0.1) is 0 Å². The molecule has 0 radical (unpaired) electrons. The standard InChI is InChI=1S/C20H27N5O4S/c1-29-18-6-3-17(4-7-18)5-8-19(26)21-11-16-30(27,28)25-14-12-24(13-15-25)20-22-9-2-10-23-20/h2-4,6-7,9-10H,5,8,11-16H2,1H3,(H,21,26). The molecule has 30 heavy (non-hydrogen) atoms. The van der Waals surface area contributed by atoms with E-state index in [1.165, 1.54) is 4.31 Å². The van der Waals surface area contributed by atoms with Gasteiger partial charge >= 0.3 is 0 Å². The lowest BCUT2D eigenvalue weighted by atomic mass is 10.1. The zero-order valence-electron chi connectivity index (χ0n) is 17.0. The normalized spacial score (nSPS) is 15.0. The molecule has 3 rings (SSSR count). The van der Waals surface area contributed by atoms with Gasteiger partial charge in [-0.3, -0.25) is 4.79 Å². The van der Waals surface area contributed by atoms with Crippen LogP contribution >= 0.6 is 0 Å². The molecule has 0 bridgehead atoms. The molecule has 1 amide bonds. The van der Waals surface area contributed by atoms with Crippen LogP contribution in [0, 0.1) is 0 Å². The fourth-order valence-corrected chi connectivity index (χ4v) is 4.55. The van der Waals surface area contributed by atoms with Crippen LogP contribution in [0.2, 0.25) is 0 Å². The Labute approximate surface area is 177 Å². The fourth-order valence-electron chi connectivity index (χ4n) is 3.21. The van der Waals surface area contributed by atoms with Crippen molar-refractivity contribution >= 4 is 21.9 Å². The summed E-state index contributed by atoms with van der Waals surface area (Å²) < 4.78 is 31.7. The smallest absolute Gasteiger partial charge is 0.225 e. The number of piperazine rings is 1.